The molecule has 5 nitrogen and oxygen atoms in total. The maximum Gasteiger partial charge on any atom is 0.292 e. The lowest BCUT2D eigenvalue weighted by atomic mass is 10.1. The summed E-state index contributed by atoms with van der Waals surface area (Å²) in [5.41, 5.74) is 1.78. The van der Waals surface area contributed by atoms with Crippen LogP contribution in [0.1, 0.15) is 39.2 Å². The number of nitro benzene ring substituents is 1. The van der Waals surface area contributed by atoms with Gasteiger partial charge in [-0.05, 0) is 32.9 Å². The number of nitro groups is 1. The quantitative estimate of drug-likeness (QED) is 0.583. The molecule has 0 aliphatic carbocycles. The zero-order chi connectivity index (χ0) is 15.1. The van der Waals surface area contributed by atoms with E-state index >= 15 is 0 Å². The van der Waals surface area contributed by atoms with Crippen molar-refractivity contribution in [1.29, 1.82) is 0 Å². The molecule has 0 heterocycles. The van der Waals surface area contributed by atoms with Gasteiger partial charge in [0.15, 0.2) is 0 Å². The molecule has 1 unspecified atom stereocenters. The highest BCUT2D eigenvalue weighted by Crippen LogP contribution is 2.29. The van der Waals surface area contributed by atoms with Crippen LogP contribution >= 0.6 is 0 Å². The average molecular weight is 279 g/mol. The summed E-state index contributed by atoms with van der Waals surface area (Å²) in [7, 11) is 2.06. The van der Waals surface area contributed by atoms with Crippen LogP contribution in [-0.4, -0.2) is 29.5 Å². The maximum absolute atomic E-state index is 11.1. The van der Waals surface area contributed by atoms with Crippen molar-refractivity contribution < 1.29 is 4.92 Å². The average Bonchev–Trinajstić information content (AvgIpc) is 2.40. The van der Waals surface area contributed by atoms with Gasteiger partial charge in [0.05, 0.1) is 4.92 Å². The minimum absolute atomic E-state index is 0.154. The second kappa shape index (κ2) is 7.85. The first-order valence-electron chi connectivity index (χ1n) is 7.21. The van der Waals surface area contributed by atoms with Crippen molar-refractivity contribution in [2.75, 3.05) is 18.9 Å². The zero-order valence-electron chi connectivity index (χ0n) is 12.8. The molecular weight excluding hydrogens is 254 g/mol. The Balaban J connectivity index is 2.99. The molecule has 0 spiro atoms. The number of hydrogen-bond donors (Lipinski definition) is 1. The molecule has 5 heteroatoms. The molecule has 0 aromatic heterocycles. The summed E-state index contributed by atoms with van der Waals surface area (Å²) in [6.07, 6.45) is 2.27. The predicted octanol–water partition coefficient (Wildman–Crippen LogP) is 3.65. The van der Waals surface area contributed by atoms with E-state index in [-0.39, 0.29) is 10.6 Å². The van der Waals surface area contributed by atoms with Gasteiger partial charge in [-0.1, -0.05) is 25.5 Å². The van der Waals surface area contributed by atoms with E-state index in [1.54, 1.807) is 12.1 Å². The lowest BCUT2D eigenvalue weighted by Gasteiger charge is -2.25. The summed E-state index contributed by atoms with van der Waals surface area (Å²) in [6.45, 7) is 7.69. The second-order valence-electron chi connectivity index (χ2n) is 5.15. The van der Waals surface area contributed by atoms with E-state index in [1.807, 2.05) is 13.0 Å². The van der Waals surface area contributed by atoms with Crippen LogP contribution in [0.4, 0.5) is 11.4 Å². The highest BCUT2D eigenvalue weighted by Gasteiger charge is 2.18. The first-order valence-corrected chi connectivity index (χ1v) is 7.21. The van der Waals surface area contributed by atoms with E-state index in [0.29, 0.717) is 24.8 Å². The van der Waals surface area contributed by atoms with Crippen LogP contribution in [0.15, 0.2) is 18.2 Å². The summed E-state index contributed by atoms with van der Waals surface area (Å²) in [5.74, 6) is 0. The monoisotopic (exact) mass is 279 g/mol. The van der Waals surface area contributed by atoms with Crippen LogP contribution < -0.4 is 5.32 Å². The Morgan fingerprint density at radius 2 is 2.10 bits per heavy atom. The third-order valence-corrected chi connectivity index (χ3v) is 3.56. The van der Waals surface area contributed by atoms with E-state index in [4.69, 9.17) is 0 Å². The van der Waals surface area contributed by atoms with E-state index in [1.165, 1.54) is 0 Å². The zero-order valence-corrected chi connectivity index (χ0v) is 12.8. The third-order valence-electron chi connectivity index (χ3n) is 3.56. The third kappa shape index (κ3) is 4.20. The molecule has 0 fully saturated rings. The van der Waals surface area contributed by atoms with Crippen molar-refractivity contribution in [2.24, 2.45) is 0 Å². The van der Waals surface area contributed by atoms with Crippen molar-refractivity contribution in [3.63, 3.8) is 0 Å². The van der Waals surface area contributed by atoms with Gasteiger partial charge in [-0.2, -0.15) is 0 Å². The molecule has 1 aromatic rings. The fraction of sp³-hybridized carbons (Fsp3) is 0.600. The fourth-order valence-corrected chi connectivity index (χ4v) is 2.31. The van der Waals surface area contributed by atoms with E-state index in [2.05, 4.69) is 31.1 Å². The number of hydrogen-bond acceptors (Lipinski definition) is 4. The Morgan fingerprint density at radius 1 is 1.40 bits per heavy atom. The van der Waals surface area contributed by atoms with Crippen LogP contribution in [0, 0.1) is 10.1 Å². The lowest BCUT2D eigenvalue weighted by Crippen LogP contribution is -2.28. The van der Waals surface area contributed by atoms with Crippen LogP contribution in [0.2, 0.25) is 0 Å². The van der Waals surface area contributed by atoms with Gasteiger partial charge in [0, 0.05) is 25.2 Å². The topological polar surface area (TPSA) is 58.4 Å². The van der Waals surface area contributed by atoms with Crippen LogP contribution in [-0.2, 0) is 6.54 Å². The van der Waals surface area contributed by atoms with E-state index < -0.39 is 0 Å². The first kappa shape index (κ1) is 16.4. The molecule has 112 valence electrons. The Labute approximate surface area is 121 Å². The van der Waals surface area contributed by atoms with Crippen molar-refractivity contribution in [1.82, 2.24) is 4.90 Å². The van der Waals surface area contributed by atoms with Gasteiger partial charge in [0.2, 0.25) is 0 Å². The SMILES string of the molecule is CCCC(C)N(C)Cc1cccc([N+](=O)[O-])c1NCC. The summed E-state index contributed by atoms with van der Waals surface area (Å²) >= 11 is 0. The molecule has 0 bridgehead atoms. The molecular formula is C15H25N3O2. The largest absolute Gasteiger partial charge is 0.380 e. The summed E-state index contributed by atoms with van der Waals surface area (Å²) in [4.78, 5) is 13.0. The standard InChI is InChI=1S/C15H25N3O2/c1-5-8-12(3)17(4)11-13-9-7-10-14(18(19)20)15(13)16-6-2/h7,9-10,12,16H,5-6,8,11H2,1-4H3. The normalized spacial score (nSPS) is 12.4. The van der Waals surface area contributed by atoms with Crippen LogP contribution in [0.5, 0.6) is 0 Å². The molecule has 1 rings (SSSR count). The van der Waals surface area contributed by atoms with Gasteiger partial charge in [-0.15, -0.1) is 0 Å². The summed E-state index contributed by atoms with van der Waals surface area (Å²) < 4.78 is 0. The number of para-hydroxylation sites is 1. The Hall–Kier alpha value is -1.62. The Kier molecular flexibility index (Phi) is 6.45. The molecule has 0 radical (unpaired) electrons. The lowest BCUT2D eigenvalue weighted by molar-refractivity contribution is -0.384. The number of nitrogens with zero attached hydrogens (tertiary/aromatic N) is 2. The number of benzene rings is 1. The predicted molar refractivity (Wildman–Crippen MR) is 83.1 cm³/mol. The second-order valence-corrected chi connectivity index (χ2v) is 5.15. The molecule has 0 aliphatic rings. The highest BCUT2D eigenvalue weighted by atomic mass is 16.6. The van der Waals surface area contributed by atoms with E-state index in [9.17, 15) is 10.1 Å². The van der Waals surface area contributed by atoms with Gasteiger partial charge < -0.3 is 5.32 Å². The molecule has 20 heavy (non-hydrogen) atoms. The summed E-state index contributed by atoms with van der Waals surface area (Å²) in [6, 6.07) is 5.73. The van der Waals surface area contributed by atoms with Gasteiger partial charge in [-0.25, -0.2) is 0 Å². The van der Waals surface area contributed by atoms with Gasteiger partial charge in [-0.3, -0.25) is 15.0 Å². The van der Waals surface area contributed by atoms with Crippen LogP contribution in [0.3, 0.4) is 0 Å². The van der Waals surface area contributed by atoms with Gasteiger partial charge in [0.1, 0.15) is 5.69 Å². The Morgan fingerprint density at radius 3 is 2.65 bits per heavy atom. The number of nitrogens with one attached hydrogen (secondary N) is 1. The highest BCUT2D eigenvalue weighted by molar-refractivity contribution is 5.66. The van der Waals surface area contributed by atoms with Crippen molar-refractivity contribution in [2.45, 2.75) is 46.2 Å². The molecule has 1 atom stereocenters. The van der Waals surface area contributed by atoms with Gasteiger partial charge >= 0.3 is 0 Å². The molecule has 0 amide bonds. The molecule has 0 saturated heterocycles. The maximum atomic E-state index is 11.1. The molecule has 1 aromatic carbocycles. The first-order chi connectivity index (χ1) is 9.51. The van der Waals surface area contributed by atoms with Crippen molar-refractivity contribution in [3.8, 4) is 0 Å². The van der Waals surface area contributed by atoms with Crippen LogP contribution in [0.25, 0.3) is 0 Å². The van der Waals surface area contributed by atoms with E-state index in [0.717, 1.165) is 18.4 Å². The van der Waals surface area contributed by atoms with Gasteiger partial charge in [0.25, 0.3) is 5.69 Å². The molecule has 0 aliphatic heterocycles. The minimum atomic E-state index is -0.322. The smallest absolute Gasteiger partial charge is 0.292 e. The summed E-state index contributed by atoms with van der Waals surface area (Å²) in [5, 5.41) is 14.3. The molecule has 1 N–H and O–H groups in total. The molecule has 0 saturated carbocycles. The number of anilines is 1. The minimum Gasteiger partial charge on any atom is -0.380 e. The number of rotatable bonds is 8. The Bertz CT molecular complexity index is 449. The fourth-order valence-electron chi connectivity index (χ4n) is 2.31. The van der Waals surface area contributed by atoms with Crippen molar-refractivity contribution in [3.05, 3.63) is 33.9 Å². The van der Waals surface area contributed by atoms with Crippen molar-refractivity contribution >= 4 is 11.4 Å².